The molecule has 43 heavy (non-hydrogen) atoms. The molecule has 2 aromatic heterocycles. The lowest BCUT2D eigenvalue weighted by atomic mass is 10.0. The summed E-state index contributed by atoms with van der Waals surface area (Å²) in [5.74, 6) is 0. The fourth-order valence-corrected chi connectivity index (χ4v) is 6.58. The van der Waals surface area contributed by atoms with Gasteiger partial charge in [0.2, 0.25) is 0 Å². The molecule has 0 radical (unpaired) electrons. The first kappa shape index (κ1) is 23.9. The van der Waals surface area contributed by atoms with Gasteiger partial charge in [-0.25, -0.2) is 0 Å². The van der Waals surface area contributed by atoms with Gasteiger partial charge in [0.25, 0.3) is 0 Å². The van der Waals surface area contributed by atoms with Crippen LogP contribution in [0.5, 0.6) is 0 Å². The summed E-state index contributed by atoms with van der Waals surface area (Å²) in [7, 11) is 0. The monoisotopic (exact) mass is 550 g/mol. The molecule has 0 bridgehead atoms. The number of nitrogens with one attached hydrogen (secondary N) is 1. The Kier molecular flexibility index (Phi) is 5.20. The third-order valence-electron chi connectivity index (χ3n) is 8.57. The largest absolute Gasteiger partial charge is 0.454 e. The molecule has 0 spiro atoms. The molecular weight excluding hydrogens is 524 g/mol. The molecule has 3 nitrogen and oxygen atoms in total. The molecule has 7 aromatic carbocycles. The van der Waals surface area contributed by atoms with Crippen molar-refractivity contribution in [3.63, 3.8) is 0 Å². The number of para-hydroxylation sites is 3. The Morgan fingerprint density at radius 1 is 0.488 bits per heavy atom. The number of hydrogen-bond acceptors (Lipinski definition) is 2. The van der Waals surface area contributed by atoms with Gasteiger partial charge in [-0.3, -0.25) is 0 Å². The SMILES string of the molecule is c1ccc(-n2c3ccccc3c3cc(-c4ccc(Nc5cccc6c5oc5ccc7ccccc7c56)cc4)ccc32)cc1. The predicted octanol–water partition coefficient (Wildman–Crippen LogP) is 11.2. The number of rotatable bonds is 4. The second-order valence-corrected chi connectivity index (χ2v) is 11.1. The van der Waals surface area contributed by atoms with E-state index in [0.717, 1.165) is 33.3 Å². The van der Waals surface area contributed by atoms with Crippen LogP contribution in [0.1, 0.15) is 0 Å². The van der Waals surface area contributed by atoms with Gasteiger partial charge in [0.15, 0.2) is 5.58 Å². The number of nitrogens with zero attached hydrogens (tertiary/aromatic N) is 1. The van der Waals surface area contributed by atoms with Crippen molar-refractivity contribution in [1.29, 1.82) is 0 Å². The maximum Gasteiger partial charge on any atom is 0.158 e. The highest BCUT2D eigenvalue weighted by molar-refractivity contribution is 6.20. The second-order valence-electron chi connectivity index (χ2n) is 11.1. The summed E-state index contributed by atoms with van der Waals surface area (Å²) >= 11 is 0. The Morgan fingerprint density at radius 3 is 2.09 bits per heavy atom. The van der Waals surface area contributed by atoms with Crippen LogP contribution in [0.4, 0.5) is 11.4 Å². The van der Waals surface area contributed by atoms with Gasteiger partial charge in [0, 0.05) is 32.9 Å². The molecule has 3 heteroatoms. The van der Waals surface area contributed by atoms with Crippen LogP contribution in [-0.2, 0) is 0 Å². The van der Waals surface area contributed by atoms with Crippen molar-refractivity contribution in [2.45, 2.75) is 0 Å². The quantitative estimate of drug-likeness (QED) is 0.236. The van der Waals surface area contributed by atoms with Crippen LogP contribution >= 0.6 is 0 Å². The lowest BCUT2D eigenvalue weighted by molar-refractivity contribution is 0.670. The summed E-state index contributed by atoms with van der Waals surface area (Å²) in [6, 6.07) is 53.7. The van der Waals surface area contributed by atoms with Crippen molar-refractivity contribution < 1.29 is 4.42 Å². The van der Waals surface area contributed by atoms with Gasteiger partial charge in [-0.15, -0.1) is 0 Å². The molecule has 0 aliphatic heterocycles. The molecule has 0 saturated heterocycles. The van der Waals surface area contributed by atoms with E-state index in [0.29, 0.717) is 0 Å². The van der Waals surface area contributed by atoms with Gasteiger partial charge in [-0.05, 0) is 76.5 Å². The molecule has 9 rings (SSSR count). The van der Waals surface area contributed by atoms with Gasteiger partial charge in [0.1, 0.15) is 5.58 Å². The van der Waals surface area contributed by atoms with Gasteiger partial charge in [-0.2, -0.15) is 0 Å². The van der Waals surface area contributed by atoms with Crippen molar-refractivity contribution in [1.82, 2.24) is 4.57 Å². The number of anilines is 2. The molecule has 0 unspecified atom stereocenters. The van der Waals surface area contributed by atoms with Crippen molar-refractivity contribution in [2.24, 2.45) is 0 Å². The minimum atomic E-state index is 0.873. The summed E-state index contributed by atoms with van der Waals surface area (Å²) in [5, 5.41) is 10.8. The molecule has 2 heterocycles. The van der Waals surface area contributed by atoms with E-state index in [2.05, 4.69) is 162 Å². The summed E-state index contributed by atoms with van der Waals surface area (Å²) in [5.41, 5.74) is 9.72. The van der Waals surface area contributed by atoms with E-state index in [1.165, 1.54) is 49.4 Å². The molecule has 0 aliphatic carbocycles. The van der Waals surface area contributed by atoms with E-state index in [-0.39, 0.29) is 0 Å². The first-order valence-corrected chi connectivity index (χ1v) is 14.6. The van der Waals surface area contributed by atoms with Crippen LogP contribution in [-0.4, -0.2) is 4.57 Å². The van der Waals surface area contributed by atoms with E-state index in [9.17, 15) is 0 Å². The highest BCUT2D eigenvalue weighted by atomic mass is 16.3. The maximum absolute atomic E-state index is 6.40. The molecular formula is C40H26N2O. The van der Waals surface area contributed by atoms with Crippen LogP contribution in [0.3, 0.4) is 0 Å². The molecule has 202 valence electrons. The molecule has 0 aliphatic rings. The Labute approximate surface area is 248 Å². The Balaban J connectivity index is 1.09. The van der Waals surface area contributed by atoms with Crippen molar-refractivity contribution >= 4 is 65.9 Å². The van der Waals surface area contributed by atoms with Crippen LogP contribution in [0.2, 0.25) is 0 Å². The van der Waals surface area contributed by atoms with Crippen LogP contribution in [0.15, 0.2) is 156 Å². The number of furan rings is 1. The topological polar surface area (TPSA) is 30.1 Å². The number of hydrogen-bond donors (Lipinski definition) is 1. The van der Waals surface area contributed by atoms with E-state index >= 15 is 0 Å². The number of fused-ring (bicyclic) bond motifs is 8. The zero-order valence-corrected chi connectivity index (χ0v) is 23.3. The summed E-state index contributed by atoms with van der Waals surface area (Å²) < 4.78 is 8.75. The zero-order chi connectivity index (χ0) is 28.3. The van der Waals surface area contributed by atoms with Gasteiger partial charge < -0.3 is 14.3 Å². The van der Waals surface area contributed by atoms with Crippen LogP contribution in [0, 0.1) is 0 Å². The first-order chi connectivity index (χ1) is 21.3. The van der Waals surface area contributed by atoms with Crippen LogP contribution in [0.25, 0.3) is 71.3 Å². The lowest BCUT2D eigenvalue weighted by Crippen LogP contribution is -1.93. The number of benzene rings is 7. The molecule has 0 fully saturated rings. The third kappa shape index (κ3) is 3.75. The van der Waals surface area contributed by atoms with E-state index in [4.69, 9.17) is 4.42 Å². The van der Waals surface area contributed by atoms with Gasteiger partial charge >= 0.3 is 0 Å². The minimum absolute atomic E-state index is 0.873. The second kappa shape index (κ2) is 9.37. The van der Waals surface area contributed by atoms with Crippen molar-refractivity contribution in [3.05, 3.63) is 152 Å². The van der Waals surface area contributed by atoms with E-state index in [1.54, 1.807) is 0 Å². The van der Waals surface area contributed by atoms with Crippen LogP contribution < -0.4 is 5.32 Å². The molecule has 9 aromatic rings. The third-order valence-corrected chi connectivity index (χ3v) is 8.57. The van der Waals surface area contributed by atoms with E-state index in [1.807, 2.05) is 0 Å². The number of aromatic nitrogens is 1. The summed E-state index contributed by atoms with van der Waals surface area (Å²) in [6.07, 6.45) is 0. The fraction of sp³-hybridized carbons (Fsp3) is 0. The Morgan fingerprint density at radius 2 is 1.21 bits per heavy atom. The standard InChI is InChI=1S/C40H26N2O/c1-2-10-30(11-3-1)42-36-16-7-6-13-32(36)34-25-28(19-23-37(34)42)26-17-21-29(22-18-26)41-35-15-8-14-33-39-31-12-5-4-9-27(31)20-24-38(39)43-40(33)35/h1-25,41H. The first-order valence-electron chi connectivity index (χ1n) is 14.6. The molecule has 0 saturated carbocycles. The predicted molar refractivity (Wildman–Crippen MR) is 181 cm³/mol. The van der Waals surface area contributed by atoms with Crippen molar-refractivity contribution in [3.8, 4) is 16.8 Å². The summed E-state index contributed by atoms with van der Waals surface area (Å²) in [6.45, 7) is 0. The fourth-order valence-electron chi connectivity index (χ4n) is 6.58. The van der Waals surface area contributed by atoms with E-state index < -0.39 is 0 Å². The average molecular weight is 551 g/mol. The smallest absolute Gasteiger partial charge is 0.158 e. The molecule has 0 amide bonds. The highest BCUT2D eigenvalue weighted by Crippen LogP contribution is 2.39. The molecule has 1 N–H and O–H groups in total. The summed E-state index contributed by atoms with van der Waals surface area (Å²) in [4.78, 5) is 0. The van der Waals surface area contributed by atoms with Crippen molar-refractivity contribution in [2.75, 3.05) is 5.32 Å². The minimum Gasteiger partial charge on any atom is -0.454 e. The average Bonchev–Trinajstić information content (AvgIpc) is 3.62. The normalized spacial score (nSPS) is 11.7. The maximum atomic E-state index is 6.40. The lowest BCUT2D eigenvalue weighted by Gasteiger charge is -2.10. The molecule has 0 atom stereocenters. The highest BCUT2D eigenvalue weighted by Gasteiger charge is 2.15. The van der Waals surface area contributed by atoms with Gasteiger partial charge in [-0.1, -0.05) is 97.1 Å². The van der Waals surface area contributed by atoms with Gasteiger partial charge in [0.05, 0.1) is 16.7 Å². The Hall–Kier alpha value is -5.80. The zero-order valence-electron chi connectivity index (χ0n) is 23.3. The Bertz CT molecular complexity index is 2470.